The highest BCUT2D eigenvalue weighted by molar-refractivity contribution is 6.30. The molecule has 0 aromatic heterocycles. The minimum Gasteiger partial charge on any atom is -0.496 e. The fourth-order valence-corrected chi connectivity index (χ4v) is 1.43. The SMILES string of the molecule is C=C(C)CC(=O)c1ccc(Cl)cc1OC. The second-order valence-corrected chi connectivity index (χ2v) is 3.84. The van der Waals surface area contributed by atoms with Gasteiger partial charge >= 0.3 is 0 Å². The highest BCUT2D eigenvalue weighted by Gasteiger charge is 2.12. The Balaban J connectivity index is 3.02. The van der Waals surface area contributed by atoms with Gasteiger partial charge < -0.3 is 4.74 Å². The number of carbonyl (C=O) groups excluding carboxylic acids is 1. The van der Waals surface area contributed by atoms with Crippen molar-refractivity contribution in [2.75, 3.05) is 7.11 Å². The molecule has 0 heterocycles. The number of hydrogen-bond donors (Lipinski definition) is 0. The van der Waals surface area contributed by atoms with Crippen LogP contribution in [0.2, 0.25) is 5.02 Å². The van der Waals surface area contributed by atoms with E-state index in [2.05, 4.69) is 6.58 Å². The third kappa shape index (κ3) is 3.10. The zero-order valence-electron chi connectivity index (χ0n) is 8.84. The lowest BCUT2D eigenvalue weighted by Gasteiger charge is -2.07. The van der Waals surface area contributed by atoms with Crippen molar-refractivity contribution in [3.8, 4) is 5.75 Å². The molecule has 2 nitrogen and oxygen atoms in total. The van der Waals surface area contributed by atoms with Crippen LogP contribution in [0, 0.1) is 0 Å². The second kappa shape index (κ2) is 4.99. The summed E-state index contributed by atoms with van der Waals surface area (Å²) in [5.74, 6) is 0.504. The maximum absolute atomic E-state index is 11.8. The van der Waals surface area contributed by atoms with Crippen LogP contribution in [-0.4, -0.2) is 12.9 Å². The van der Waals surface area contributed by atoms with E-state index in [9.17, 15) is 4.79 Å². The molecule has 0 bridgehead atoms. The van der Waals surface area contributed by atoms with E-state index in [4.69, 9.17) is 16.3 Å². The van der Waals surface area contributed by atoms with Gasteiger partial charge in [0.15, 0.2) is 5.78 Å². The quantitative estimate of drug-likeness (QED) is 0.578. The third-order valence-corrected chi connectivity index (χ3v) is 2.16. The lowest BCUT2D eigenvalue weighted by atomic mass is 10.0. The lowest BCUT2D eigenvalue weighted by Crippen LogP contribution is -2.02. The van der Waals surface area contributed by atoms with E-state index in [1.807, 2.05) is 6.92 Å². The van der Waals surface area contributed by atoms with Crippen molar-refractivity contribution in [1.82, 2.24) is 0 Å². The monoisotopic (exact) mass is 224 g/mol. The Kier molecular flexibility index (Phi) is 3.92. The number of ketones is 1. The van der Waals surface area contributed by atoms with Gasteiger partial charge in [-0.2, -0.15) is 0 Å². The van der Waals surface area contributed by atoms with Crippen LogP contribution in [0.15, 0.2) is 30.4 Å². The summed E-state index contributed by atoms with van der Waals surface area (Å²) in [6.45, 7) is 5.53. The molecule has 1 aromatic carbocycles. The molecule has 15 heavy (non-hydrogen) atoms. The van der Waals surface area contributed by atoms with Crippen molar-refractivity contribution in [2.45, 2.75) is 13.3 Å². The van der Waals surface area contributed by atoms with Crippen LogP contribution in [0.25, 0.3) is 0 Å². The summed E-state index contributed by atoms with van der Waals surface area (Å²) in [5.41, 5.74) is 1.38. The number of rotatable bonds is 4. The minimum absolute atomic E-state index is 0.00369. The van der Waals surface area contributed by atoms with Crippen LogP contribution in [-0.2, 0) is 0 Å². The molecule has 0 aliphatic rings. The predicted molar refractivity (Wildman–Crippen MR) is 61.8 cm³/mol. The average molecular weight is 225 g/mol. The number of halogens is 1. The summed E-state index contributed by atoms with van der Waals surface area (Å²) in [4.78, 5) is 11.8. The molecular weight excluding hydrogens is 212 g/mol. The van der Waals surface area contributed by atoms with Gasteiger partial charge in [-0.05, 0) is 25.1 Å². The summed E-state index contributed by atoms with van der Waals surface area (Å²) in [6, 6.07) is 4.98. The van der Waals surface area contributed by atoms with Gasteiger partial charge in [0, 0.05) is 11.4 Å². The van der Waals surface area contributed by atoms with Gasteiger partial charge in [-0.1, -0.05) is 23.8 Å². The molecule has 0 aliphatic heterocycles. The van der Waals surface area contributed by atoms with Crippen LogP contribution in [0.3, 0.4) is 0 Å². The standard InChI is InChI=1S/C12H13ClO2/c1-8(2)6-11(14)10-5-4-9(13)7-12(10)15-3/h4-5,7H,1,6H2,2-3H3. The highest BCUT2D eigenvalue weighted by Crippen LogP contribution is 2.24. The number of allylic oxidation sites excluding steroid dienone is 1. The van der Waals surface area contributed by atoms with E-state index in [-0.39, 0.29) is 5.78 Å². The number of methoxy groups -OCH3 is 1. The molecule has 0 saturated carbocycles. The van der Waals surface area contributed by atoms with Crippen LogP contribution < -0.4 is 4.74 Å². The number of Topliss-reactive ketones (excluding diaryl/α,β-unsaturated/α-hetero) is 1. The second-order valence-electron chi connectivity index (χ2n) is 3.40. The van der Waals surface area contributed by atoms with Gasteiger partial charge in [0.05, 0.1) is 12.7 Å². The summed E-state index contributed by atoms with van der Waals surface area (Å²) in [7, 11) is 1.52. The van der Waals surface area contributed by atoms with E-state index in [0.717, 1.165) is 5.57 Å². The number of hydrogen-bond acceptors (Lipinski definition) is 2. The van der Waals surface area contributed by atoms with Crippen molar-refractivity contribution >= 4 is 17.4 Å². The van der Waals surface area contributed by atoms with E-state index < -0.39 is 0 Å². The fraction of sp³-hybridized carbons (Fsp3) is 0.250. The Morgan fingerprint density at radius 1 is 1.53 bits per heavy atom. The third-order valence-electron chi connectivity index (χ3n) is 1.93. The smallest absolute Gasteiger partial charge is 0.170 e. The molecule has 0 aliphatic carbocycles. The summed E-state index contributed by atoms with van der Waals surface area (Å²) >= 11 is 5.80. The van der Waals surface area contributed by atoms with Gasteiger partial charge in [-0.3, -0.25) is 4.79 Å². The molecular formula is C12H13ClO2. The van der Waals surface area contributed by atoms with Crippen molar-refractivity contribution in [3.63, 3.8) is 0 Å². The zero-order chi connectivity index (χ0) is 11.4. The molecule has 0 atom stereocenters. The molecule has 0 radical (unpaired) electrons. The Labute approximate surface area is 94.5 Å². The first-order chi connectivity index (χ1) is 7.04. The average Bonchev–Trinajstić information content (AvgIpc) is 2.16. The van der Waals surface area contributed by atoms with Crippen molar-refractivity contribution < 1.29 is 9.53 Å². The summed E-state index contributed by atoms with van der Waals surface area (Å²) < 4.78 is 5.09. The molecule has 0 N–H and O–H groups in total. The van der Waals surface area contributed by atoms with Crippen LogP contribution in [0.5, 0.6) is 5.75 Å². The van der Waals surface area contributed by atoms with Crippen molar-refractivity contribution in [2.24, 2.45) is 0 Å². The first-order valence-electron chi connectivity index (χ1n) is 4.55. The van der Waals surface area contributed by atoms with E-state index in [1.54, 1.807) is 18.2 Å². The number of carbonyl (C=O) groups is 1. The fourth-order valence-electron chi connectivity index (χ4n) is 1.26. The molecule has 1 rings (SSSR count). The molecule has 0 saturated heterocycles. The Hall–Kier alpha value is -1.28. The molecule has 80 valence electrons. The molecule has 0 unspecified atom stereocenters. The van der Waals surface area contributed by atoms with Crippen LogP contribution >= 0.6 is 11.6 Å². The van der Waals surface area contributed by atoms with Gasteiger partial charge in [-0.25, -0.2) is 0 Å². The van der Waals surface area contributed by atoms with Crippen molar-refractivity contribution in [1.29, 1.82) is 0 Å². The van der Waals surface area contributed by atoms with Crippen LogP contribution in [0.1, 0.15) is 23.7 Å². The Morgan fingerprint density at radius 3 is 2.73 bits per heavy atom. The Morgan fingerprint density at radius 2 is 2.20 bits per heavy atom. The largest absolute Gasteiger partial charge is 0.496 e. The van der Waals surface area contributed by atoms with Gasteiger partial charge in [-0.15, -0.1) is 0 Å². The molecule has 0 amide bonds. The van der Waals surface area contributed by atoms with Crippen LogP contribution in [0.4, 0.5) is 0 Å². The minimum atomic E-state index is -0.00369. The Bertz CT molecular complexity index is 397. The lowest BCUT2D eigenvalue weighted by molar-refractivity contribution is 0.0990. The topological polar surface area (TPSA) is 26.3 Å². The van der Waals surface area contributed by atoms with E-state index >= 15 is 0 Å². The molecule has 1 aromatic rings. The number of ether oxygens (including phenoxy) is 1. The number of benzene rings is 1. The van der Waals surface area contributed by atoms with E-state index in [1.165, 1.54) is 7.11 Å². The van der Waals surface area contributed by atoms with Gasteiger partial charge in [0.1, 0.15) is 5.75 Å². The maximum Gasteiger partial charge on any atom is 0.170 e. The molecule has 3 heteroatoms. The van der Waals surface area contributed by atoms with E-state index in [0.29, 0.717) is 22.8 Å². The van der Waals surface area contributed by atoms with Gasteiger partial charge in [0.25, 0.3) is 0 Å². The zero-order valence-corrected chi connectivity index (χ0v) is 9.60. The summed E-state index contributed by atoms with van der Waals surface area (Å²) in [5, 5.41) is 0.554. The maximum atomic E-state index is 11.8. The highest BCUT2D eigenvalue weighted by atomic mass is 35.5. The first kappa shape index (κ1) is 11.8. The molecule has 0 fully saturated rings. The summed E-state index contributed by atoms with van der Waals surface area (Å²) in [6.07, 6.45) is 0.331. The van der Waals surface area contributed by atoms with Crippen molar-refractivity contribution in [3.05, 3.63) is 40.9 Å². The normalized spacial score (nSPS) is 9.80. The molecule has 0 spiro atoms. The predicted octanol–water partition coefficient (Wildman–Crippen LogP) is 3.50. The first-order valence-corrected chi connectivity index (χ1v) is 4.93. The van der Waals surface area contributed by atoms with Gasteiger partial charge in [0.2, 0.25) is 0 Å².